The molecule has 5 nitrogen and oxygen atoms in total. The largest absolute Gasteiger partial charge is 0.446 e. The van der Waals surface area contributed by atoms with Gasteiger partial charge in [0, 0.05) is 27.3 Å². The molecule has 0 unspecified atom stereocenters. The monoisotopic (exact) mass is 443 g/mol. The van der Waals surface area contributed by atoms with Crippen LogP contribution in [0.3, 0.4) is 0 Å². The number of nitrogens with zero attached hydrogens (tertiary/aromatic N) is 5. The minimum absolute atomic E-state index is 0.0166. The van der Waals surface area contributed by atoms with Gasteiger partial charge in [0.05, 0.1) is 21.2 Å². The van der Waals surface area contributed by atoms with E-state index in [9.17, 15) is 26.3 Å². The van der Waals surface area contributed by atoms with E-state index in [4.69, 9.17) is 16.9 Å². The Morgan fingerprint density at radius 2 is 1.75 bits per heavy atom. The third-order valence-corrected chi connectivity index (χ3v) is 4.46. The molecule has 0 atom stereocenters. The molecule has 152 valence electrons. The molecule has 0 saturated heterocycles. The van der Waals surface area contributed by atoms with Crippen LogP contribution in [-0.4, -0.2) is 36.4 Å². The fourth-order valence-electron chi connectivity index (χ4n) is 2.26. The number of rotatable bonds is 4. The molecule has 13 heteroatoms. The predicted molar refractivity (Wildman–Crippen MR) is 93.8 cm³/mol. The summed E-state index contributed by atoms with van der Waals surface area (Å²) in [4.78, 5) is 1.72. The summed E-state index contributed by atoms with van der Waals surface area (Å²) >= 11 is 5.53. The second-order valence-corrected chi connectivity index (χ2v) is 7.20. The van der Waals surface area contributed by atoms with E-state index in [0.717, 1.165) is 21.8 Å². The van der Waals surface area contributed by atoms with E-state index in [0.29, 0.717) is 6.07 Å². The first-order valence-electron chi connectivity index (χ1n) is 7.32. The Morgan fingerprint density at radius 1 is 1.14 bits per heavy atom. The van der Waals surface area contributed by atoms with E-state index >= 15 is 0 Å². The molecule has 0 amide bonds. The van der Waals surface area contributed by atoms with Gasteiger partial charge in [-0.1, -0.05) is 11.6 Å². The molecule has 2 rings (SSSR count). The van der Waals surface area contributed by atoms with Crippen LogP contribution in [0.2, 0.25) is 5.02 Å². The van der Waals surface area contributed by atoms with E-state index in [-0.39, 0.29) is 22.2 Å². The van der Waals surface area contributed by atoms with Crippen LogP contribution in [0.25, 0.3) is 5.69 Å². The number of halogens is 7. The Bertz CT molecular complexity index is 915. The number of hydrogen-bond donors (Lipinski definition) is 0. The molecule has 0 aliphatic rings. The normalized spacial score (nSPS) is 12.0. The van der Waals surface area contributed by atoms with Gasteiger partial charge in [0.25, 0.3) is 0 Å². The lowest BCUT2D eigenvalue weighted by Gasteiger charge is -2.21. The summed E-state index contributed by atoms with van der Waals surface area (Å²) in [5.41, 5.74) is -5.75. The minimum Gasteiger partial charge on any atom is -0.376 e. The van der Waals surface area contributed by atoms with Crippen LogP contribution < -0.4 is 9.80 Å². The molecule has 1 aromatic carbocycles. The summed E-state index contributed by atoms with van der Waals surface area (Å²) in [5.74, 6) is -0.314. The Morgan fingerprint density at radius 3 is 2.21 bits per heavy atom. The molecule has 2 aromatic rings. The molecule has 0 aliphatic carbocycles. The number of benzene rings is 1. The standard InChI is InChI=1S/C15H12ClF6N5S/c1-25(2)10-5-8(14(17,18)19)4-9(16)12(10)27-6-11(28-15(20,21)22)13(24-27)26(3)7-23/h4-6H,1-3H3. The van der Waals surface area contributed by atoms with Crippen molar-refractivity contribution in [3.05, 3.63) is 28.9 Å². The minimum atomic E-state index is -4.67. The van der Waals surface area contributed by atoms with Gasteiger partial charge in [0.1, 0.15) is 5.69 Å². The van der Waals surface area contributed by atoms with Gasteiger partial charge in [-0.25, -0.2) is 4.68 Å². The summed E-state index contributed by atoms with van der Waals surface area (Å²) in [7, 11) is 4.10. The second-order valence-electron chi connectivity index (χ2n) is 5.69. The molecule has 0 radical (unpaired) electrons. The van der Waals surface area contributed by atoms with Crippen LogP contribution in [0.15, 0.2) is 23.2 Å². The van der Waals surface area contributed by atoms with Gasteiger partial charge in [-0.05, 0) is 23.9 Å². The third kappa shape index (κ3) is 4.77. The fourth-order valence-corrected chi connectivity index (χ4v) is 3.23. The molecule has 1 heterocycles. The molecule has 0 spiro atoms. The highest BCUT2D eigenvalue weighted by Crippen LogP contribution is 2.43. The van der Waals surface area contributed by atoms with Crippen molar-refractivity contribution in [2.24, 2.45) is 0 Å². The summed E-state index contributed by atoms with van der Waals surface area (Å²) in [5, 5.41) is 12.6. The van der Waals surface area contributed by atoms with Gasteiger partial charge in [0.2, 0.25) is 0 Å². The van der Waals surface area contributed by atoms with E-state index in [2.05, 4.69) is 5.10 Å². The summed E-state index contributed by atoms with van der Waals surface area (Å²) in [6.07, 6.45) is -2.07. The van der Waals surface area contributed by atoms with Crippen molar-refractivity contribution in [1.29, 1.82) is 5.26 Å². The molecule has 0 saturated carbocycles. The van der Waals surface area contributed by atoms with E-state index in [1.807, 2.05) is 0 Å². The Labute approximate surface area is 165 Å². The van der Waals surface area contributed by atoms with Gasteiger partial charge in [-0.15, -0.1) is 5.10 Å². The molecular weight excluding hydrogens is 432 g/mol. The van der Waals surface area contributed by atoms with Crippen LogP contribution in [0.1, 0.15) is 5.56 Å². The third-order valence-electron chi connectivity index (χ3n) is 3.44. The maximum absolute atomic E-state index is 13.1. The highest BCUT2D eigenvalue weighted by Gasteiger charge is 2.35. The molecule has 0 aliphatic heterocycles. The van der Waals surface area contributed by atoms with Crippen molar-refractivity contribution in [3.8, 4) is 11.9 Å². The first-order valence-corrected chi connectivity index (χ1v) is 8.51. The van der Waals surface area contributed by atoms with Gasteiger partial charge >= 0.3 is 11.7 Å². The van der Waals surface area contributed by atoms with Crippen LogP contribution in [0, 0.1) is 11.5 Å². The zero-order valence-electron chi connectivity index (χ0n) is 14.5. The predicted octanol–water partition coefficient (Wildman–Crippen LogP) is 5.14. The van der Waals surface area contributed by atoms with Crippen molar-refractivity contribution >= 4 is 34.9 Å². The number of thioether (sulfide) groups is 1. The lowest BCUT2D eigenvalue weighted by atomic mass is 10.1. The van der Waals surface area contributed by atoms with E-state index in [1.165, 1.54) is 26.0 Å². The molecular formula is C15H12ClF6N5S. The van der Waals surface area contributed by atoms with Crippen molar-refractivity contribution in [1.82, 2.24) is 9.78 Å². The number of anilines is 2. The average Bonchev–Trinajstić information content (AvgIpc) is 2.93. The number of alkyl halides is 6. The number of nitriles is 1. The first-order chi connectivity index (χ1) is 12.7. The summed E-state index contributed by atoms with van der Waals surface area (Å²) < 4.78 is 78.7. The Balaban J connectivity index is 2.72. The molecule has 28 heavy (non-hydrogen) atoms. The zero-order chi connectivity index (χ0) is 21.4. The maximum atomic E-state index is 13.1. The summed E-state index contributed by atoms with van der Waals surface area (Å²) in [6.45, 7) is 0. The van der Waals surface area contributed by atoms with Crippen molar-refractivity contribution in [2.45, 2.75) is 16.6 Å². The number of aromatic nitrogens is 2. The molecule has 0 bridgehead atoms. The zero-order valence-corrected chi connectivity index (χ0v) is 16.1. The van der Waals surface area contributed by atoms with Crippen LogP contribution in [-0.2, 0) is 6.18 Å². The van der Waals surface area contributed by atoms with Crippen LogP contribution in [0.4, 0.5) is 37.8 Å². The Hall–Kier alpha value is -2.26. The smallest absolute Gasteiger partial charge is 0.376 e. The van der Waals surface area contributed by atoms with Crippen LogP contribution >= 0.6 is 23.4 Å². The van der Waals surface area contributed by atoms with Crippen molar-refractivity contribution < 1.29 is 26.3 Å². The summed E-state index contributed by atoms with van der Waals surface area (Å²) in [6, 6.07) is 1.48. The van der Waals surface area contributed by atoms with Gasteiger partial charge in [0.15, 0.2) is 12.0 Å². The maximum Gasteiger partial charge on any atom is 0.446 e. The fraction of sp³-hybridized carbons (Fsp3) is 0.333. The highest BCUT2D eigenvalue weighted by molar-refractivity contribution is 8.00. The van der Waals surface area contributed by atoms with Crippen molar-refractivity contribution in [2.75, 3.05) is 30.9 Å². The number of hydrogen-bond acceptors (Lipinski definition) is 5. The highest BCUT2D eigenvalue weighted by atomic mass is 35.5. The first kappa shape index (κ1) is 22.0. The van der Waals surface area contributed by atoms with Crippen LogP contribution in [0.5, 0.6) is 0 Å². The average molecular weight is 444 g/mol. The van der Waals surface area contributed by atoms with Gasteiger partial charge < -0.3 is 4.90 Å². The van der Waals surface area contributed by atoms with Gasteiger partial charge in [-0.2, -0.15) is 31.6 Å². The lowest BCUT2D eigenvalue weighted by molar-refractivity contribution is -0.137. The lowest BCUT2D eigenvalue weighted by Crippen LogP contribution is -2.16. The molecule has 0 fully saturated rings. The van der Waals surface area contributed by atoms with E-state index < -0.39 is 33.9 Å². The van der Waals surface area contributed by atoms with Crippen molar-refractivity contribution in [3.63, 3.8) is 0 Å². The molecule has 1 aromatic heterocycles. The topological polar surface area (TPSA) is 48.1 Å². The molecule has 0 N–H and O–H groups in total. The SMILES string of the molecule is CN(C)c1cc(C(F)(F)F)cc(Cl)c1-n1cc(SC(F)(F)F)c(N(C)C#N)n1. The van der Waals surface area contributed by atoms with E-state index in [1.54, 1.807) is 6.19 Å². The Kier molecular flexibility index (Phi) is 6.01. The van der Waals surface area contributed by atoms with Gasteiger partial charge in [-0.3, -0.25) is 4.90 Å². The second kappa shape index (κ2) is 7.63. The quantitative estimate of drug-likeness (QED) is 0.283.